The molecular weight excluding hydrogens is 312 g/mol. The molecule has 120 valence electrons. The fraction of sp³-hybridized carbons (Fsp3) is 0.222. The van der Waals surface area contributed by atoms with Crippen molar-refractivity contribution in [2.75, 3.05) is 11.9 Å². The lowest BCUT2D eigenvalue weighted by Gasteiger charge is -2.10. The smallest absolute Gasteiger partial charge is 0.243 e. The van der Waals surface area contributed by atoms with Crippen LogP contribution in [0.4, 0.5) is 5.69 Å². The van der Waals surface area contributed by atoms with Crippen LogP contribution in [0.15, 0.2) is 42.5 Å². The van der Waals surface area contributed by atoms with E-state index in [0.717, 1.165) is 22.4 Å². The summed E-state index contributed by atoms with van der Waals surface area (Å²) >= 11 is 5.80. The molecule has 0 fully saturated rings. The minimum absolute atomic E-state index is 0.0557. The largest absolute Gasteiger partial charge is 0.347 e. The number of carbonyl (C=O) groups is 2. The van der Waals surface area contributed by atoms with Crippen LogP contribution in [-0.2, 0) is 16.0 Å². The van der Waals surface area contributed by atoms with Gasteiger partial charge in [-0.1, -0.05) is 35.9 Å². The topological polar surface area (TPSA) is 58.2 Å². The molecule has 0 aliphatic carbocycles. The van der Waals surface area contributed by atoms with Gasteiger partial charge in [0, 0.05) is 10.7 Å². The number of nitrogens with one attached hydrogen (secondary N) is 2. The number of carbonyl (C=O) groups excluding carboxylic acids is 2. The average Bonchev–Trinajstić information content (AvgIpc) is 2.51. The van der Waals surface area contributed by atoms with Crippen molar-refractivity contribution in [2.24, 2.45) is 0 Å². The number of aryl methyl sites for hydroxylation is 2. The zero-order valence-electron chi connectivity index (χ0n) is 13.2. The summed E-state index contributed by atoms with van der Waals surface area (Å²) in [5.41, 5.74) is 3.66. The molecule has 2 rings (SSSR count). The van der Waals surface area contributed by atoms with E-state index in [-0.39, 0.29) is 24.8 Å². The fourth-order valence-corrected chi connectivity index (χ4v) is 2.22. The highest BCUT2D eigenvalue weighted by molar-refractivity contribution is 6.30. The molecule has 0 aliphatic heterocycles. The van der Waals surface area contributed by atoms with Gasteiger partial charge >= 0.3 is 0 Å². The third-order valence-corrected chi connectivity index (χ3v) is 3.64. The van der Waals surface area contributed by atoms with Crippen LogP contribution in [-0.4, -0.2) is 18.4 Å². The Bertz CT molecular complexity index is 711. The summed E-state index contributed by atoms with van der Waals surface area (Å²) in [6.07, 6.45) is 0.216. The summed E-state index contributed by atoms with van der Waals surface area (Å²) in [5.74, 6) is -0.452. The van der Waals surface area contributed by atoms with E-state index in [0.29, 0.717) is 5.02 Å². The number of amides is 2. The minimum atomic E-state index is -0.247. The lowest BCUT2D eigenvalue weighted by atomic mass is 10.1. The number of anilines is 1. The number of rotatable bonds is 5. The Kier molecular flexibility index (Phi) is 5.77. The molecule has 0 saturated heterocycles. The van der Waals surface area contributed by atoms with Crippen molar-refractivity contribution in [3.05, 3.63) is 64.2 Å². The summed E-state index contributed by atoms with van der Waals surface area (Å²) in [4.78, 5) is 23.8. The first-order chi connectivity index (χ1) is 10.9. The zero-order chi connectivity index (χ0) is 16.8. The molecule has 4 nitrogen and oxygen atoms in total. The van der Waals surface area contributed by atoms with Gasteiger partial charge in [0.15, 0.2) is 0 Å². The Hall–Kier alpha value is -2.33. The van der Waals surface area contributed by atoms with Crippen LogP contribution >= 0.6 is 11.6 Å². The minimum Gasteiger partial charge on any atom is -0.347 e. The fourth-order valence-electron chi connectivity index (χ4n) is 2.09. The number of hydrogen-bond acceptors (Lipinski definition) is 2. The van der Waals surface area contributed by atoms with Gasteiger partial charge in [-0.25, -0.2) is 0 Å². The van der Waals surface area contributed by atoms with Crippen molar-refractivity contribution in [1.29, 1.82) is 0 Å². The van der Waals surface area contributed by atoms with Gasteiger partial charge in [-0.15, -0.1) is 0 Å². The SMILES string of the molecule is Cc1ccc(C)c(NC(=O)CNC(=O)Cc2ccc(Cl)cc2)c1. The zero-order valence-corrected chi connectivity index (χ0v) is 13.9. The number of hydrogen-bond donors (Lipinski definition) is 2. The first-order valence-corrected chi connectivity index (χ1v) is 7.70. The third kappa shape index (κ3) is 5.42. The molecule has 5 heteroatoms. The Labute approximate surface area is 140 Å². The third-order valence-electron chi connectivity index (χ3n) is 3.39. The van der Waals surface area contributed by atoms with Crippen molar-refractivity contribution in [3.8, 4) is 0 Å². The monoisotopic (exact) mass is 330 g/mol. The molecule has 0 aromatic heterocycles. The molecule has 23 heavy (non-hydrogen) atoms. The van der Waals surface area contributed by atoms with Crippen LogP contribution in [0.1, 0.15) is 16.7 Å². The van der Waals surface area contributed by atoms with E-state index in [1.807, 2.05) is 32.0 Å². The highest BCUT2D eigenvalue weighted by atomic mass is 35.5. The molecule has 2 N–H and O–H groups in total. The molecule has 0 unspecified atom stereocenters. The van der Waals surface area contributed by atoms with Gasteiger partial charge in [-0.05, 0) is 48.7 Å². The lowest BCUT2D eigenvalue weighted by Crippen LogP contribution is -2.33. The van der Waals surface area contributed by atoms with E-state index in [1.54, 1.807) is 24.3 Å². The van der Waals surface area contributed by atoms with E-state index in [1.165, 1.54) is 0 Å². The number of benzene rings is 2. The second-order valence-electron chi connectivity index (χ2n) is 5.45. The molecule has 2 amide bonds. The molecule has 0 radical (unpaired) electrons. The van der Waals surface area contributed by atoms with Crippen molar-refractivity contribution in [2.45, 2.75) is 20.3 Å². The predicted molar refractivity (Wildman–Crippen MR) is 92.7 cm³/mol. The standard InChI is InChI=1S/C18H19ClN2O2/c1-12-3-4-13(2)16(9-12)21-18(23)11-20-17(22)10-14-5-7-15(19)8-6-14/h3-9H,10-11H2,1-2H3,(H,20,22)(H,21,23). The normalized spacial score (nSPS) is 10.2. The van der Waals surface area contributed by atoms with Crippen LogP contribution in [0.5, 0.6) is 0 Å². The highest BCUT2D eigenvalue weighted by Gasteiger charge is 2.08. The molecule has 0 aliphatic rings. The quantitative estimate of drug-likeness (QED) is 0.884. The van der Waals surface area contributed by atoms with Crippen LogP contribution in [0.3, 0.4) is 0 Å². The highest BCUT2D eigenvalue weighted by Crippen LogP contribution is 2.16. The van der Waals surface area contributed by atoms with E-state index in [4.69, 9.17) is 11.6 Å². The molecule has 2 aromatic rings. The molecule has 0 atom stereocenters. The molecule has 0 bridgehead atoms. The van der Waals surface area contributed by atoms with Crippen LogP contribution in [0, 0.1) is 13.8 Å². The van der Waals surface area contributed by atoms with Crippen LogP contribution in [0.25, 0.3) is 0 Å². The maximum absolute atomic E-state index is 11.9. The van der Waals surface area contributed by atoms with Crippen molar-refractivity contribution >= 4 is 29.1 Å². The lowest BCUT2D eigenvalue weighted by molar-refractivity contribution is -0.123. The molecule has 2 aromatic carbocycles. The second-order valence-corrected chi connectivity index (χ2v) is 5.88. The predicted octanol–water partition coefficient (Wildman–Crippen LogP) is 3.25. The van der Waals surface area contributed by atoms with Crippen LogP contribution in [0.2, 0.25) is 5.02 Å². The van der Waals surface area contributed by atoms with E-state index in [2.05, 4.69) is 10.6 Å². The van der Waals surface area contributed by atoms with E-state index < -0.39 is 0 Å². The van der Waals surface area contributed by atoms with Gasteiger partial charge in [-0.3, -0.25) is 9.59 Å². The Morgan fingerprint density at radius 2 is 1.70 bits per heavy atom. The van der Waals surface area contributed by atoms with Gasteiger partial charge in [0.1, 0.15) is 0 Å². The molecule has 0 heterocycles. The Morgan fingerprint density at radius 1 is 1.00 bits per heavy atom. The Balaban J connectivity index is 1.83. The maximum Gasteiger partial charge on any atom is 0.243 e. The van der Waals surface area contributed by atoms with Crippen molar-refractivity contribution in [1.82, 2.24) is 5.32 Å². The average molecular weight is 331 g/mol. The summed E-state index contributed by atoms with van der Waals surface area (Å²) in [6.45, 7) is 3.83. The Morgan fingerprint density at radius 3 is 2.39 bits per heavy atom. The maximum atomic E-state index is 11.9. The molecule has 0 spiro atoms. The van der Waals surface area contributed by atoms with Gasteiger partial charge in [0.05, 0.1) is 13.0 Å². The van der Waals surface area contributed by atoms with Gasteiger partial charge in [0.2, 0.25) is 11.8 Å². The number of halogens is 1. The summed E-state index contributed by atoms with van der Waals surface area (Å²) < 4.78 is 0. The first kappa shape index (κ1) is 17.0. The molecular formula is C18H19ClN2O2. The van der Waals surface area contributed by atoms with Crippen molar-refractivity contribution < 1.29 is 9.59 Å². The van der Waals surface area contributed by atoms with Gasteiger partial charge in [0.25, 0.3) is 0 Å². The summed E-state index contributed by atoms with van der Waals surface area (Å²) in [7, 11) is 0. The van der Waals surface area contributed by atoms with Gasteiger partial charge in [-0.2, -0.15) is 0 Å². The van der Waals surface area contributed by atoms with E-state index in [9.17, 15) is 9.59 Å². The second kappa shape index (κ2) is 7.79. The summed E-state index contributed by atoms with van der Waals surface area (Å²) in [5, 5.41) is 6.05. The van der Waals surface area contributed by atoms with E-state index >= 15 is 0 Å². The first-order valence-electron chi connectivity index (χ1n) is 7.32. The molecule has 0 saturated carbocycles. The summed E-state index contributed by atoms with van der Waals surface area (Å²) in [6, 6.07) is 12.9. The van der Waals surface area contributed by atoms with Crippen molar-refractivity contribution in [3.63, 3.8) is 0 Å². The van der Waals surface area contributed by atoms with Crippen LogP contribution < -0.4 is 10.6 Å². The van der Waals surface area contributed by atoms with Gasteiger partial charge < -0.3 is 10.6 Å².